The van der Waals surface area contributed by atoms with Crippen molar-refractivity contribution in [2.24, 2.45) is 0 Å². The summed E-state index contributed by atoms with van der Waals surface area (Å²) >= 11 is 6.21. The van der Waals surface area contributed by atoms with E-state index >= 15 is 0 Å². The molecule has 1 saturated heterocycles. The molecule has 0 spiro atoms. The number of aromatic nitrogens is 1. The summed E-state index contributed by atoms with van der Waals surface area (Å²) in [6, 6.07) is 10.6. The molecule has 31 heavy (non-hydrogen) atoms. The number of fused-ring (bicyclic) bond motifs is 1. The van der Waals surface area contributed by atoms with E-state index in [0.717, 1.165) is 38.4 Å². The number of pyridine rings is 1. The number of alkyl halides is 3. The SMILES string of the molecule is C=C(O)c1c(N2CCCCC2)nc2ccc(Cl)cc2c1Cc1ccccc1C(F)(F)F. The van der Waals surface area contributed by atoms with Gasteiger partial charge in [-0.15, -0.1) is 0 Å². The number of aliphatic hydroxyl groups excluding tert-OH is 1. The lowest BCUT2D eigenvalue weighted by atomic mass is 9.92. The van der Waals surface area contributed by atoms with E-state index in [9.17, 15) is 18.3 Å². The Bertz CT molecular complexity index is 1140. The lowest BCUT2D eigenvalue weighted by Gasteiger charge is -2.31. The molecule has 0 aliphatic carbocycles. The van der Waals surface area contributed by atoms with Crippen molar-refractivity contribution in [1.82, 2.24) is 4.98 Å². The Morgan fingerprint density at radius 3 is 2.48 bits per heavy atom. The maximum absolute atomic E-state index is 13.6. The van der Waals surface area contributed by atoms with E-state index in [1.165, 1.54) is 12.1 Å². The molecule has 0 saturated carbocycles. The zero-order chi connectivity index (χ0) is 22.2. The van der Waals surface area contributed by atoms with Crippen molar-refractivity contribution in [2.45, 2.75) is 31.9 Å². The minimum Gasteiger partial charge on any atom is -0.508 e. The first-order valence-corrected chi connectivity index (χ1v) is 10.5. The quantitative estimate of drug-likeness (QED) is 0.437. The van der Waals surface area contributed by atoms with Gasteiger partial charge in [0.25, 0.3) is 0 Å². The number of nitrogens with zero attached hydrogens (tertiary/aromatic N) is 2. The Hall–Kier alpha value is -2.73. The summed E-state index contributed by atoms with van der Waals surface area (Å²) in [6.07, 6.45) is -1.43. The molecule has 1 aromatic heterocycles. The van der Waals surface area contributed by atoms with Crippen LogP contribution < -0.4 is 4.90 Å². The zero-order valence-corrected chi connectivity index (χ0v) is 17.6. The molecule has 0 radical (unpaired) electrons. The van der Waals surface area contributed by atoms with Crippen LogP contribution in [0.3, 0.4) is 0 Å². The summed E-state index contributed by atoms with van der Waals surface area (Å²) in [7, 11) is 0. The number of piperidine rings is 1. The van der Waals surface area contributed by atoms with Crippen LogP contribution in [0.5, 0.6) is 0 Å². The lowest BCUT2D eigenvalue weighted by Crippen LogP contribution is -2.31. The largest absolute Gasteiger partial charge is 0.508 e. The van der Waals surface area contributed by atoms with Crippen molar-refractivity contribution >= 4 is 34.1 Å². The van der Waals surface area contributed by atoms with E-state index in [4.69, 9.17) is 16.6 Å². The molecule has 2 aromatic carbocycles. The van der Waals surface area contributed by atoms with Gasteiger partial charge in [0.1, 0.15) is 11.6 Å². The molecule has 1 fully saturated rings. The van der Waals surface area contributed by atoms with Crippen molar-refractivity contribution in [1.29, 1.82) is 0 Å². The van der Waals surface area contributed by atoms with Crippen LogP contribution in [0.1, 0.15) is 41.5 Å². The van der Waals surface area contributed by atoms with Gasteiger partial charge in [0.2, 0.25) is 0 Å². The van der Waals surface area contributed by atoms with Crippen molar-refractivity contribution in [2.75, 3.05) is 18.0 Å². The van der Waals surface area contributed by atoms with E-state index in [-0.39, 0.29) is 17.7 Å². The highest BCUT2D eigenvalue weighted by Gasteiger charge is 2.33. The molecule has 162 valence electrons. The van der Waals surface area contributed by atoms with Crippen molar-refractivity contribution in [3.8, 4) is 0 Å². The first-order chi connectivity index (χ1) is 14.8. The monoisotopic (exact) mass is 446 g/mol. The van der Waals surface area contributed by atoms with Gasteiger partial charge < -0.3 is 10.0 Å². The predicted octanol–water partition coefficient (Wildman–Crippen LogP) is 7.02. The molecule has 0 amide bonds. The van der Waals surface area contributed by atoms with Crippen molar-refractivity contribution < 1.29 is 18.3 Å². The van der Waals surface area contributed by atoms with E-state index in [1.807, 2.05) is 0 Å². The Labute approximate surface area is 183 Å². The Kier molecular flexibility index (Phi) is 5.84. The molecule has 0 unspecified atom stereocenters. The third kappa shape index (κ3) is 4.35. The third-order valence-electron chi connectivity index (χ3n) is 5.67. The number of hydrogen-bond donors (Lipinski definition) is 1. The van der Waals surface area contributed by atoms with Crippen LogP contribution in [-0.2, 0) is 12.6 Å². The van der Waals surface area contributed by atoms with Crippen LogP contribution in [0, 0.1) is 0 Å². The van der Waals surface area contributed by atoms with Gasteiger partial charge in [-0.3, -0.25) is 0 Å². The van der Waals surface area contributed by atoms with Gasteiger partial charge in [0.05, 0.1) is 16.6 Å². The van der Waals surface area contributed by atoms with E-state index in [2.05, 4.69) is 11.5 Å². The fourth-order valence-electron chi connectivity index (χ4n) is 4.25. The topological polar surface area (TPSA) is 36.4 Å². The maximum Gasteiger partial charge on any atom is 0.416 e. The summed E-state index contributed by atoms with van der Waals surface area (Å²) in [4.78, 5) is 6.84. The smallest absolute Gasteiger partial charge is 0.416 e. The zero-order valence-electron chi connectivity index (χ0n) is 16.8. The number of aliphatic hydroxyl groups is 1. The average molecular weight is 447 g/mol. The van der Waals surface area contributed by atoms with Gasteiger partial charge in [0, 0.05) is 23.5 Å². The first-order valence-electron chi connectivity index (χ1n) is 10.2. The van der Waals surface area contributed by atoms with E-state index in [1.54, 1.807) is 24.3 Å². The standard InChI is InChI=1S/C24H22ClF3N2O/c1-15(31)22-19(13-16-7-3-4-8-20(16)24(26,27)28)18-14-17(25)9-10-21(18)29-23(22)30-11-5-2-6-12-30/h3-4,7-10,14,31H,1-2,5-6,11-13H2. The second-order valence-corrected chi connectivity index (χ2v) is 8.21. The highest BCUT2D eigenvalue weighted by molar-refractivity contribution is 6.31. The van der Waals surface area contributed by atoms with Crippen LogP contribution in [-0.4, -0.2) is 23.2 Å². The summed E-state index contributed by atoms with van der Waals surface area (Å²) in [6.45, 7) is 5.25. The summed E-state index contributed by atoms with van der Waals surface area (Å²) < 4.78 is 40.9. The fraction of sp³-hybridized carbons (Fsp3) is 0.292. The average Bonchev–Trinajstić information content (AvgIpc) is 2.73. The molecule has 0 atom stereocenters. The predicted molar refractivity (Wildman–Crippen MR) is 119 cm³/mol. The molecule has 3 nitrogen and oxygen atoms in total. The molecule has 7 heteroatoms. The van der Waals surface area contributed by atoms with Crippen LogP contribution >= 0.6 is 11.6 Å². The molecule has 4 rings (SSSR count). The maximum atomic E-state index is 13.6. The number of anilines is 1. The fourth-order valence-corrected chi connectivity index (χ4v) is 4.42. The number of hydrogen-bond acceptors (Lipinski definition) is 3. The molecule has 3 aromatic rings. The molecule has 1 aliphatic heterocycles. The Morgan fingerprint density at radius 2 is 1.81 bits per heavy atom. The lowest BCUT2D eigenvalue weighted by molar-refractivity contribution is -0.138. The number of rotatable bonds is 4. The molecule has 1 N–H and O–H groups in total. The molecule has 2 heterocycles. The summed E-state index contributed by atoms with van der Waals surface area (Å²) in [5.41, 5.74) is 0.964. The molecular weight excluding hydrogens is 425 g/mol. The summed E-state index contributed by atoms with van der Waals surface area (Å²) in [5, 5.41) is 11.6. The number of halogens is 4. The second kappa shape index (κ2) is 8.42. The Balaban J connectivity index is 1.98. The normalized spacial score (nSPS) is 14.8. The van der Waals surface area contributed by atoms with Crippen LogP contribution in [0.25, 0.3) is 16.7 Å². The first kappa shape index (κ1) is 21.5. The van der Waals surface area contributed by atoms with Crippen molar-refractivity contribution in [3.05, 3.63) is 76.3 Å². The minimum absolute atomic E-state index is 0.0369. The van der Waals surface area contributed by atoms with E-state index < -0.39 is 11.7 Å². The van der Waals surface area contributed by atoms with Crippen LogP contribution in [0.15, 0.2) is 49.0 Å². The van der Waals surface area contributed by atoms with Gasteiger partial charge in [0.15, 0.2) is 0 Å². The highest BCUT2D eigenvalue weighted by Crippen LogP contribution is 2.39. The minimum atomic E-state index is -4.48. The van der Waals surface area contributed by atoms with Gasteiger partial charge in [-0.25, -0.2) is 4.98 Å². The van der Waals surface area contributed by atoms with Gasteiger partial charge in [-0.2, -0.15) is 13.2 Å². The van der Waals surface area contributed by atoms with Gasteiger partial charge in [-0.05, 0) is 61.1 Å². The van der Waals surface area contributed by atoms with Gasteiger partial charge in [-0.1, -0.05) is 36.4 Å². The van der Waals surface area contributed by atoms with Gasteiger partial charge >= 0.3 is 6.18 Å². The Morgan fingerprint density at radius 1 is 1.10 bits per heavy atom. The van der Waals surface area contributed by atoms with Crippen LogP contribution in [0.2, 0.25) is 5.02 Å². The van der Waals surface area contributed by atoms with Crippen LogP contribution in [0.4, 0.5) is 19.0 Å². The molecular formula is C24H22ClF3N2O. The van der Waals surface area contributed by atoms with E-state index in [0.29, 0.717) is 32.9 Å². The molecule has 1 aliphatic rings. The van der Waals surface area contributed by atoms with Crippen molar-refractivity contribution in [3.63, 3.8) is 0 Å². The second-order valence-electron chi connectivity index (χ2n) is 7.78. The number of benzene rings is 2. The highest BCUT2D eigenvalue weighted by atomic mass is 35.5. The third-order valence-corrected chi connectivity index (χ3v) is 5.90. The summed E-state index contributed by atoms with van der Waals surface area (Å²) in [5.74, 6) is 0.343. The molecule has 0 bridgehead atoms.